The topological polar surface area (TPSA) is 40.6 Å². The van der Waals surface area contributed by atoms with Crippen LogP contribution in [-0.2, 0) is 4.79 Å². The molecule has 0 saturated carbocycles. The standard InChI is InChI=1S/C23H31ClN2O2/c1-15-11-16(2)19(23(28)12-15)7-8-22(27)20-13-18(24)14-21(17(20)3)26(6)10-9-25(4)5/h11,13-14H,7-10,12H2,1-6H3. The number of allylic oxidation sites excluding steroid dienone is 4. The van der Waals surface area contributed by atoms with Gasteiger partial charge in [-0.05, 0) is 70.1 Å². The van der Waals surface area contributed by atoms with Crippen molar-refractivity contribution in [1.82, 2.24) is 4.90 Å². The zero-order valence-electron chi connectivity index (χ0n) is 17.9. The summed E-state index contributed by atoms with van der Waals surface area (Å²) >= 11 is 6.32. The van der Waals surface area contributed by atoms with E-state index in [2.05, 4.69) is 9.80 Å². The van der Waals surface area contributed by atoms with Crippen LogP contribution in [0.4, 0.5) is 5.69 Å². The van der Waals surface area contributed by atoms with Gasteiger partial charge < -0.3 is 9.80 Å². The lowest BCUT2D eigenvalue weighted by Crippen LogP contribution is -2.29. The van der Waals surface area contributed by atoms with Gasteiger partial charge >= 0.3 is 0 Å². The lowest BCUT2D eigenvalue weighted by molar-refractivity contribution is -0.115. The second-order valence-electron chi connectivity index (χ2n) is 8.00. The number of likely N-dealkylation sites (N-methyl/N-ethyl adjacent to an activating group) is 2. The maximum Gasteiger partial charge on any atom is 0.163 e. The lowest BCUT2D eigenvalue weighted by atomic mass is 9.88. The third kappa shape index (κ3) is 5.55. The number of rotatable bonds is 8. The lowest BCUT2D eigenvalue weighted by Gasteiger charge is -2.25. The molecular weight excluding hydrogens is 372 g/mol. The van der Waals surface area contributed by atoms with Crippen LogP contribution < -0.4 is 4.90 Å². The van der Waals surface area contributed by atoms with Crippen molar-refractivity contribution in [2.24, 2.45) is 0 Å². The summed E-state index contributed by atoms with van der Waals surface area (Å²) < 4.78 is 0. The molecule has 5 heteroatoms. The van der Waals surface area contributed by atoms with Crippen molar-refractivity contribution in [3.8, 4) is 0 Å². The fourth-order valence-corrected chi connectivity index (χ4v) is 3.83. The van der Waals surface area contributed by atoms with Gasteiger partial charge in [-0.1, -0.05) is 23.3 Å². The molecule has 0 amide bonds. The number of ketones is 2. The summed E-state index contributed by atoms with van der Waals surface area (Å²) in [6.07, 6.45) is 3.29. The van der Waals surface area contributed by atoms with E-state index in [0.717, 1.165) is 41.1 Å². The molecule has 0 heterocycles. The van der Waals surface area contributed by atoms with Crippen LogP contribution in [0.2, 0.25) is 5.02 Å². The summed E-state index contributed by atoms with van der Waals surface area (Å²) in [7, 11) is 6.08. The summed E-state index contributed by atoms with van der Waals surface area (Å²) in [6, 6.07) is 3.66. The van der Waals surface area contributed by atoms with Gasteiger partial charge in [0, 0.05) is 49.3 Å². The average molecular weight is 403 g/mol. The van der Waals surface area contributed by atoms with E-state index < -0.39 is 0 Å². The van der Waals surface area contributed by atoms with Gasteiger partial charge in [0.1, 0.15) is 0 Å². The highest BCUT2D eigenvalue weighted by atomic mass is 35.5. The summed E-state index contributed by atoms with van der Waals surface area (Å²) in [5.74, 6) is 0.166. The second-order valence-corrected chi connectivity index (χ2v) is 8.43. The van der Waals surface area contributed by atoms with Crippen molar-refractivity contribution in [2.75, 3.05) is 39.1 Å². The zero-order chi connectivity index (χ0) is 21.0. The molecule has 0 aliphatic heterocycles. The SMILES string of the molecule is CC1=CC(C)=C(CCC(=O)c2cc(Cl)cc(N(C)CCN(C)C)c2C)C(=O)C1. The predicted octanol–water partition coefficient (Wildman–Crippen LogP) is 4.84. The Bertz CT molecular complexity index is 837. The fourth-order valence-electron chi connectivity index (χ4n) is 3.62. The smallest absolute Gasteiger partial charge is 0.163 e. The van der Waals surface area contributed by atoms with E-state index in [9.17, 15) is 9.59 Å². The van der Waals surface area contributed by atoms with Gasteiger partial charge in [-0.3, -0.25) is 9.59 Å². The summed E-state index contributed by atoms with van der Waals surface area (Å²) in [4.78, 5) is 29.5. The third-order valence-electron chi connectivity index (χ3n) is 5.26. The Morgan fingerprint density at radius 2 is 1.79 bits per heavy atom. The molecule has 0 N–H and O–H groups in total. The van der Waals surface area contributed by atoms with E-state index >= 15 is 0 Å². The van der Waals surface area contributed by atoms with E-state index in [1.54, 1.807) is 6.07 Å². The molecule has 0 unspecified atom stereocenters. The Hall–Kier alpha value is -1.91. The monoisotopic (exact) mass is 402 g/mol. The fraction of sp³-hybridized carbons (Fsp3) is 0.478. The number of hydrogen-bond donors (Lipinski definition) is 0. The summed E-state index contributed by atoms with van der Waals surface area (Å²) in [6.45, 7) is 7.63. The Balaban J connectivity index is 2.19. The number of carbonyl (C=O) groups is 2. The van der Waals surface area contributed by atoms with Crippen LogP contribution in [0.15, 0.2) is 34.9 Å². The van der Waals surface area contributed by atoms with Crippen molar-refractivity contribution in [2.45, 2.75) is 40.0 Å². The van der Waals surface area contributed by atoms with Crippen molar-refractivity contribution in [3.63, 3.8) is 0 Å². The zero-order valence-corrected chi connectivity index (χ0v) is 18.6. The molecule has 0 fully saturated rings. The molecule has 152 valence electrons. The molecule has 0 atom stereocenters. The first kappa shape index (κ1) is 22.4. The van der Waals surface area contributed by atoms with Crippen LogP contribution in [0.25, 0.3) is 0 Å². The maximum atomic E-state index is 12.9. The van der Waals surface area contributed by atoms with Gasteiger partial charge in [0.2, 0.25) is 0 Å². The Kier molecular flexibility index (Phi) is 7.62. The molecule has 0 aromatic heterocycles. The Labute approximate surface area is 173 Å². The highest BCUT2D eigenvalue weighted by Crippen LogP contribution is 2.30. The van der Waals surface area contributed by atoms with Crippen LogP contribution in [0, 0.1) is 6.92 Å². The van der Waals surface area contributed by atoms with E-state index in [4.69, 9.17) is 11.6 Å². The van der Waals surface area contributed by atoms with Crippen LogP contribution in [0.1, 0.15) is 49.0 Å². The first-order chi connectivity index (χ1) is 13.1. The number of anilines is 1. The molecule has 4 nitrogen and oxygen atoms in total. The van der Waals surface area contributed by atoms with Gasteiger partial charge in [0.15, 0.2) is 11.6 Å². The number of halogens is 1. The van der Waals surface area contributed by atoms with Crippen molar-refractivity contribution < 1.29 is 9.59 Å². The number of Topliss-reactive ketones (excluding diaryl/α,β-unsaturated/α-hetero) is 2. The number of benzene rings is 1. The minimum Gasteiger partial charge on any atom is -0.373 e. The normalized spacial score (nSPS) is 14.6. The molecule has 1 aromatic rings. The van der Waals surface area contributed by atoms with Gasteiger partial charge in [0.25, 0.3) is 0 Å². The first-order valence-electron chi connectivity index (χ1n) is 9.69. The van der Waals surface area contributed by atoms with E-state index in [1.807, 2.05) is 54.1 Å². The molecule has 0 saturated heterocycles. The highest BCUT2D eigenvalue weighted by Gasteiger charge is 2.20. The predicted molar refractivity (Wildman–Crippen MR) is 118 cm³/mol. The molecule has 0 radical (unpaired) electrons. The van der Waals surface area contributed by atoms with Crippen LogP contribution >= 0.6 is 11.6 Å². The van der Waals surface area contributed by atoms with Crippen LogP contribution in [-0.4, -0.2) is 50.7 Å². The molecule has 0 bridgehead atoms. The van der Waals surface area contributed by atoms with Gasteiger partial charge in [-0.15, -0.1) is 0 Å². The van der Waals surface area contributed by atoms with Crippen molar-refractivity contribution in [1.29, 1.82) is 0 Å². The number of nitrogens with zero attached hydrogens (tertiary/aromatic N) is 2. The van der Waals surface area contributed by atoms with Gasteiger partial charge in [-0.2, -0.15) is 0 Å². The molecular formula is C23H31ClN2O2. The molecule has 28 heavy (non-hydrogen) atoms. The van der Waals surface area contributed by atoms with E-state index in [0.29, 0.717) is 29.8 Å². The van der Waals surface area contributed by atoms with Gasteiger partial charge in [0.05, 0.1) is 0 Å². The van der Waals surface area contributed by atoms with Crippen molar-refractivity contribution >= 4 is 28.9 Å². The maximum absolute atomic E-state index is 12.9. The quantitative estimate of drug-likeness (QED) is 0.583. The third-order valence-corrected chi connectivity index (χ3v) is 5.47. The van der Waals surface area contributed by atoms with Crippen LogP contribution in [0.5, 0.6) is 0 Å². The highest BCUT2D eigenvalue weighted by molar-refractivity contribution is 6.31. The second kappa shape index (κ2) is 9.53. The molecule has 1 aromatic carbocycles. The van der Waals surface area contributed by atoms with E-state index in [-0.39, 0.29) is 11.6 Å². The molecule has 1 aliphatic rings. The average Bonchev–Trinajstić information content (AvgIpc) is 2.60. The largest absolute Gasteiger partial charge is 0.373 e. The summed E-state index contributed by atoms with van der Waals surface area (Å²) in [5, 5.41) is 0.559. The van der Waals surface area contributed by atoms with Gasteiger partial charge in [-0.25, -0.2) is 0 Å². The number of hydrogen-bond acceptors (Lipinski definition) is 4. The molecule has 2 rings (SSSR count). The number of carbonyl (C=O) groups excluding carboxylic acids is 2. The van der Waals surface area contributed by atoms with Crippen molar-refractivity contribution in [3.05, 3.63) is 51.1 Å². The first-order valence-corrected chi connectivity index (χ1v) is 10.1. The van der Waals surface area contributed by atoms with Crippen LogP contribution in [0.3, 0.4) is 0 Å². The summed E-state index contributed by atoms with van der Waals surface area (Å²) in [5.41, 5.74) is 5.39. The Morgan fingerprint density at radius 1 is 1.11 bits per heavy atom. The minimum absolute atomic E-state index is 0.0293. The molecule has 0 spiro atoms. The van der Waals surface area contributed by atoms with E-state index in [1.165, 1.54) is 0 Å². The molecule has 1 aliphatic carbocycles. The minimum atomic E-state index is 0.0293. The Morgan fingerprint density at radius 3 is 2.39 bits per heavy atom.